The first kappa shape index (κ1) is 17.6. The molecule has 7 heteroatoms. The van der Waals surface area contributed by atoms with Crippen LogP contribution in [0.1, 0.15) is 40.4 Å². The molecule has 0 unspecified atom stereocenters. The van der Waals surface area contributed by atoms with Crippen LogP contribution in [0.15, 0.2) is 48.5 Å². The number of esters is 1. The number of hydrogen-bond donors (Lipinski definition) is 1. The minimum Gasteiger partial charge on any atom is -0.444 e. The molecule has 0 saturated heterocycles. The second-order valence-electron chi connectivity index (χ2n) is 6.24. The first-order valence-corrected chi connectivity index (χ1v) is 8.27. The van der Waals surface area contributed by atoms with Crippen molar-refractivity contribution in [2.75, 3.05) is 0 Å². The molecule has 0 bridgehead atoms. The highest BCUT2D eigenvalue weighted by Crippen LogP contribution is 2.25. The van der Waals surface area contributed by atoms with Crippen molar-refractivity contribution >= 4 is 17.6 Å². The summed E-state index contributed by atoms with van der Waals surface area (Å²) in [6, 6.07) is 12.9. The number of hydrogen-bond acceptors (Lipinski definition) is 5. The van der Waals surface area contributed by atoms with Crippen LogP contribution in [0.3, 0.4) is 0 Å². The Kier molecular flexibility index (Phi) is 4.97. The van der Waals surface area contributed by atoms with E-state index in [1.54, 1.807) is 37.3 Å². The van der Waals surface area contributed by atoms with Gasteiger partial charge in [-0.3, -0.25) is 14.9 Å². The third-order valence-electron chi connectivity index (χ3n) is 4.12. The van der Waals surface area contributed by atoms with E-state index in [2.05, 4.69) is 5.32 Å². The van der Waals surface area contributed by atoms with Gasteiger partial charge < -0.3 is 10.1 Å². The fourth-order valence-corrected chi connectivity index (χ4v) is 2.57. The van der Waals surface area contributed by atoms with E-state index in [4.69, 9.17) is 4.74 Å². The summed E-state index contributed by atoms with van der Waals surface area (Å²) in [7, 11) is 0. The highest BCUT2D eigenvalue weighted by molar-refractivity contribution is 5.93. The Morgan fingerprint density at radius 3 is 2.46 bits per heavy atom. The number of nitro benzene ring substituents is 1. The van der Waals surface area contributed by atoms with Gasteiger partial charge in [0.2, 0.25) is 6.10 Å². The van der Waals surface area contributed by atoms with Crippen molar-refractivity contribution in [3.8, 4) is 0 Å². The lowest BCUT2D eigenvalue weighted by molar-refractivity contribution is -0.385. The van der Waals surface area contributed by atoms with Crippen LogP contribution in [-0.2, 0) is 9.53 Å². The summed E-state index contributed by atoms with van der Waals surface area (Å²) >= 11 is 0. The average molecular weight is 354 g/mol. The summed E-state index contributed by atoms with van der Waals surface area (Å²) in [5.41, 5.74) is 1.00. The van der Waals surface area contributed by atoms with Crippen LogP contribution in [-0.4, -0.2) is 22.8 Å². The van der Waals surface area contributed by atoms with Crippen LogP contribution < -0.4 is 5.32 Å². The highest BCUT2D eigenvalue weighted by atomic mass is 16.6. The third kappa shape index (κ3) is 4.05. The summed E-state index contributed by atoms with van der Waals surface area (Å²) in [4.78, 5) is 35.4. The number of nitro groups is 1. The van der Waals surface area contributed by atoms with E-state index in [1.807, 2.05) is 0 Å². The van der Waals surface area contributed by atoms with Crippen LogP contribution in [0.2, 0.25) is 0 Å². The molecular weight excluding hydrogens is 336 g/mol. The summed E-state index contributed by atoms with van der Waals surface area (Å²) in [6.45, 7) is 1.55. The minimum atomic E-state index is -1.07. The van der Waals surface area contributed by atoms with E-state index in [9.17, 15) is 19.7 Å². The molecule has 3 rings (SSSR count). The van der Waals surface area contributed by atoms with Crippen molar-refractivity contribution in [2.24, 2.45) is 0 Å². The maximum absolute atomic E-state index is 12.5. The highest BCUT2D eigenvalue weighted by Gasteiger charge is 2.31. The first-order valence-electron chi connectivity index (χ1n) is 8.27. The summed E-state index contributed by atoms with van der Waals surface area (Å²) < 4.78 is 5.45. The van der Waals surface area contributed by atoms with E-state index in [0.29, 0.717) is 11.1 Å². The van der Waals surface area contributed by atoms with Crippen molar-refractivity contribution in [1.29, 1.82) is 0 Å². The van der Waals surface area contributed by atoms with Crippen LogP contribution in [0, 0.1) is 17.0 Å². The van der Waals surface area contributed by atoms with Crippen molar-refractivity contribution in [3.05, 3.63) is 75.3 Å². The Morgan fingerprint density at radius 1 is 1.19 bits per heavy atom. The topological polar surface area (TPSA) is 98.5 Å². The Morgan fingerprint density at radius 2 is 1.88 bits per heavy atom. The van der Waals surface area contributed by atoms with E-state index in [-0.39, 0.29) is 23.2 Å². The molecule has 0 spiro atoms. The number of nitrogens with one attached hydrogen (secondary N) is 1. The van der Waals surface area contributed by atoms with Crippen LogP contribution in [0.25, 0.3) is 0 Å². The standard InChI is InChI=1S/C19H18N2O5/c1-12-11-14(7-10-16(12)21(24)25)19(23)26-17(13-5-3-2-4-6-13)18(22)20-15-8-9-15/h2-7,10-11,15,17H,8-9H2,1H3,(H,20,22)/t17-/m1/s1. The number of aryl methyl sites for hydroxylation is 1. The van der Waals surface area contributed by atoms with E-state index < -0.39 is 17.0 Å². The Bertz CT molecular complexity index is 846. The molecule has 0 radical (unpaired) electrons. The van der Waals surface area contributed by atoms with Crippen molar-refractivity contribution < 1.29 is 19.2 Å². The Labute approximate surface area is 150 Å². The minimum absolute atomic E-state index is 0.0763. The van der Waals surface area contributed by atoms with Crippen molar-refractivity contribution in [3.63, 3.8) is 0 Å². The molecule has 26 heavy (non-hydrogen) atoms. The van der Waals surface area contributed by atoms with Gasteiger partial charge in [-0.1, -0.05) is 30.3 Å². The van der Waals surface area contributed by atoms with Gasteiger partial charge in [0.15, 0.2) is 0 Å². The largest absolute Gasteiger partial charge is 0.444 e. The monoisotopic (exact) mass is 354 g/mol. The molecule has 0 heterocycles. The molecule has 0 aliphatic heterocycles. The molecule has 134 valence electrons. The predicted molar refractivity (Wildman–Crippen MR) is 93.6 cm³/mol. The molecule has 1 saturated carbocycles. The molecule has 1 atom stereocenters. The van der Waals surface area contributed by atoms with E-state index in [1.165, 1.54) is 18.2 Å². The number of benzene rings is 2. The second-order valence-corrected chi connectivity index (χ2v) is 6.24. The normalized spacial score (nSPS) is 14.3. The molecule has 2 aromatic rings. The molecule has 0 aromatic heterocycles. The van der Waals surface area contributed by atoms with Gasteiger partial charge in [0.1, 0.15) is 0 Å². The zero-order chi connectivity index (χ0) is 18.7. The van der Waals surface area contributed by atoms with Gasteiger partial charge in [0.25, 0.3) is 11.6 Å². The lowest BCUT2D eigenvalue weighted by Crippen LogP contribution is -2.33. The SMILES string of the molecule is Cc1cc(C(=O)O[C@@H](C(=O)NC2CC2)c2ccccc2)ccc1[N+](=O)[O-]. The fourth-order valence-electron chi connectivity index (χ4n) is 2.57. The van der Waals surface area contributed by atoms with E-state index in [0.717, 1.165) is 12.8 Å². The van der Waals surface area contributed by atoms with Gasteiger partial charge >= 0.3 is 5.97 Å². The van der Waals surface area contributed by atoms with Gasteiger partial charge in [-0.25, -0.2) is 4.79 Å². The third-order valence-corrected chi connectivity index (χ3v) is 4.12. The van der Waals surface area contributed by atoms with Crippen LogP contribution in [0.5, 0.6) is 0 Å². The molecule has 1 N–H and O–H groups in total. The Balaban J connectivity index is 1.81. The van der Waals surface area contributed by atoms with Crippen molar-refractivity contribution in [1.82, 2.24) is 5.32 Å². The number of carbonyl (C=O) groups is 2. The molecule has 1 fully saturated rings. The van der Waals surface area contributed by atoms with Gasteiger partial charge in [-0.15, -0.1) is 0 Å². The molecule has 1 aliphatic rings. The number of nitrogens with zero attached hydrogens (tertiary/aromatic N) is 1. The zero-order valence-electron chi connectivity index (χ0n) is 14.2. The molecule has 1 aliphatic carbocycles. The number of ether oxygens (including phenoxy) is 1. The first-order chi connectivity index (χ1) is 12.5. The molecule has 7 nitrogen and oxygen atoms in total. The predicted octanol–water partition coefficient (Wildman–Crippen LogP) is 3.08. The number of amides is 1. The molecule has 2 aromatic carbocycles. The van der Waals surface area contributed by atoms with Gasteiger partial charge in [0.05, 0.1) is 10.5 Å². The maximum Gasteiger partial charge on any atom is 0.339 e. The lowest BCUT2D eigenvalue weighted by atomic mass is 10.1. The molecular formula is C19H18N2O5. The summed E-state index contributed by atoms with van der Waals surface area (Å²) in [5.74, 6) is -1.08. The van der Waals surface area contributed by atoms with Crippen LogP contribution >= 0.6 is 0 Å². The average Bonchev–Trinajstić information content (AvgIpc) is 3.43. The quantitative estimate of drug-likeness (QED) is 0.488. The second kappa shape index (κ2) is 7.35. The van der Waals surface area contributed by atoms with Gasteiger partial charge in [-0.2, -0.15) is 0 Å². The lowest BCUT2D eigenvalue weighted by Gasteiger charge is -2.18. The maximum atomic E-state index is 12.5. The fraction of sp³-hybridized carbons (Fsp3) is 0.263. The van der Waals surface area contributed by atoms with Gasteiger partial charge in [0, 0.05) is 23.2 Å². The molecule has 1 amide bonds. The van der Waals surface area contributed by atoms with E-state index >= 15 is 0 Å². The smallest absolute Gasteiger partial charge is 0.339 e. The van der Waals surface area contributed by atoms with Crippen molar-refractivity contribution in [2.45, 2.75) is 31.9 Å². The summed E-state index contributed by atoms with van der Waals surface area (Å²) in [6.07, 6.45) is 0.769. The Hall–Kier alpha value is -3.22. The zero-order valence-corrected chi connectivity index (χ0v) is 14.2. The number of carbonyl (C=O) groups excluding carboxylic acids is 2. The van der Waals surface area contributed by atoms with Crippen LogP contribution in [0.4, 0.5) is 5.69 Å². The summed E-state index contributed by atoms with van der Waals surface area (Å²) in [5, 5.41) is 13.7. The van der Waals surface area contributed by atoms with Gasteiger partial charge in [-0.05, 0) is 31.9 Å². The number of rotatable bonds is 6.